The molecule has 8 heteroatoms. The number of β-amino-alcohol motifs (C(OH)–C–C–N with tert-alkyl or cyclic N) is 1. The molecule has 1 aliphatic heterocycles. The van der Waals surface area contributed by atoms with Crippen LogP contribution in [0.1, 0.15) is 29.8 Å². The molecular weight excluding hydrogens is 430 g/mol. The number of H-pyrrole nitrogens is 1. The van der Waals surface area contributed by atoms with E-state index in [0.29, 0.717) is 25.2 Å². The summed E-state index contributed by atoms with van der Waals surface area (Å²) in [4.78, 5) is 27.7. The number of carbonyl (C=O) groups excluding carboxylic acids is 1. The van der Waals surface area contributed by atoms with Gasteiger partial charge in [-0.3, -0.25) is 14.6 Å². The van der Waals surface area contributed by atoms with Crippen molar-refractivity contribution in [1.29, 1.82) is 0 Å². The average Bonchev–Trinajstić information content (AvgIpc) is 3.31. The number of amides is 1. The van der Waals surface area contributed by atoms with Gasteiger partial charge >= 0.3 is 0 Å². The van der Waals surface area contributed by atoms with E-state index in [9.17, 15) is 4.79 Å². The summed E-state index contributed by atoms with van der Waals surface area (Å²) in [6.07, 6.45) is 0. The molecule has 0 atom stereocenters. The smallest absolute Gasteiger partial charge is 0.254 e. The Hall–Kier alpha value is -2.94. The van der Waals surface area contributed by atoms with E-state index in [1.165, 1.54) is 0 Å². The summed E-state index contributed by atoms with van der Waals surface area (Å²) in [5.74, 6) is 1.69. The Labute approximate surface area is 201 Å². The molecule has 1 fully saturated rings. The lowest BCUT2D eigenvalue weighted by molar-refractivity contribution is 0.0615. The number of imidazole rings is 1. The number of hydrogen-bond donors (Lipinski definition) is 2. The number of ether oxygens (including phenoxy) is 1. The highest BCUT2D eigenvalue weighted by atomic mass is 16.5. The fourth-order valence-electron chi connectivity index (χ4n) is 4.52. The number of nitrogens with zero attached hydrogens (tertiary/aromatic N) is 4. The van der Waals surface area contributed by atoms with Crippen LogP contribution in [0.5, 0.6) is 5.75 Å². The summed E-state index contributed by atoms with van der Waals surface area (Å²) in [5.41, 5.74) is 4.46. The van der Waals surface area contributed by atoms with E-state index in [0.717, 1.165) is 66.5 Å². The number of nitrogens with one attached hydrogen (secondary N) is 1. The number of fused-ring (bicyclic) bond motifs is 1. The molecule has 2 N–H and O–H groups in total. The lowest BCUT2D eigenvalue weighted by atomic mass is 10.1. The summed E-state index contributed by atoms with van der Waals surface area (Å²) in [6, 6.07) is 11.8. The quantitative estimate of drug-likeness (QED) is 0.506. The van der Waals surface area contributed by atoms with Gasteiger partial charge in [-0.2, -0.15) is 0 Å². The van der Waals surface area contributed by atoms with E-state index in [2.05, 4.69) is 34.7 Å². The highest BCUT2D eigenvalue weighted by Gasteiger charge is 2.22. The molecule has 1 aromatic heterocycles. The monoisotopic (exact) mass is 465 g/mol. The first-order valence-corrected chi connectivity index (χ1v) is 12.1. The first-order valence-electron chi connectivity index (χ1n) is 12.1. The van der Waals surface area contributed by atoms with Crippen LogP contribution in [0, 0.1) is 0 Å². The van der Waals surface area contributed by atoms with E-state index >= 15 is 0 Å². The second-order valence-electron chi connectivity index (χ2n) is 8.66. The molecule has 182 valence electrons. The molecule has 0 spiro atoms. The number of benzene rings is 2. The van der Waals surface area contributed by atoms with Crippen molar-refractivity contribution in [3.05, 3.63) is 47.5 Å². The van der Waals surface area contributed by atoms with Crippen LogP contribution in [-0.2, 0) is 6.54 Å². The fourth-order valence-corrected chi connectivity index (χ4v) is 4.52. The Morgan fingerprint density at radius 1 is 1.12 bits per heavy atom. The molecule has 1 amide bonds. The molecule has 8 nitrogen and oxygen atoms in total. The normalized spacial score (nSPS) is 14.8. The van der Waals surface area contributed by atoms with Crippen molar-refractivity contribution in [3.8, 4) is 17.1 Å². The van der Waals surface area contributed by atoms with Gasteiger partial charge in [-0.05, 0) is 49.5 Å². The van der Waals surface area contributed by atoms with Gasteiger partial charge in [0.15, 0.2) is 0 Å². The summed E-state index contributed by atoms with van der Waals surface area (Å²) < 4.78 is 5.59. The molecule has 3 aromatic rings. The molecule has 0 unspecified atom stereocenters. The molecule has 2 aromatic carbocycles. The van der Waals surface area contributed by atoms with Crippen molar-refractivity contribution in [2.75, 3.05) is 59.5 Å². The Morgan fingerprint density at radius 3 is 2.56 bits per heavy atom. The molecule has 34 heavy (non-hydrogen) atoms. The Balaban J connectivity index is 1.55. The third-order valence-corrected chi connectivity index (χ3v) is 6.65. The van der Waals surface area contributed by atoms with E-state index < -0.39 is 0 Å². The van der Waals surface area contributed by atoms with Gasteiger partial charge in [0, 0.05) is 56.0 Å². The fraction of sp³-hybridized carbons (Fsp3) is 0.462. The van der Waals surface area contributed by atoms with Crippen LogP contribution < -0.4 is 4.74 Å². The summed E-state index contributed by atoms with van der Waals surface area (Å²) >= 11 is 0. The predicted molar refractivity (Wildman–Crippen MR) is 134 cm³/mol. The molecule has 4 rings (SSSR count). The van der Waals surface area contributed by atoms with Gasteiger partial charge in [0.05, 0.1) is 24.8 Å². The zero-order chi connectivity index (χ0) is 24.1. The van der Waals surface area contributed by atoms with Crippen molar-refractivity contribution in [2.24, 2.45) is 0 Å². The third-order valence-electron chi connectivity index (χ3n) is 6.65. The number of hydrogen-bond acceptors (Lipinski definition) is 6. The van der Waals surface area contributed by atoms with Gasteiger partial charge in [-0.15, -0.1) is 0 Å². The van der Waals surface area contributed by atoms with Gasteiger partial charge in [0.1, 0.15) is 11.6 Å². The first kappa shape index (κ1) is 24.2. The van der Waals surface area contributed by atoms with Crippen molar-refractivity contribution >= 4 is 16.9 Å². The molecule has 0 saturated carbocycles. The van der Waals surface area contributed by atoms with Gasteiger partial charge in [-0.1, -0.05) is 13.8 Å². The van der Waals surface area contributed by atoms with Crippen LogP contribution in [0.15, 0.2) is 36.4 Å². The van der Waals surface area contributed by atoms with Gasteiger partial charge in [-0.25, -0.2) is 4.98 Å². The maximum Gasteiger partial charge on any atom is 0.254 e. The zero-order valence-electron chi connectivity index (χ0n) is 20.4. The molecule has 0 bridgehead atoms. The van der Waals surface area contributed by atoms with Gasteiger partial charge < -0.3 is 19.7 Å². The van der Waals surface area contributed by atoms with Crippen LogP contribution in [-0.4, -0.2) is 95.2 Å². The van der Waals surface area contributed by atoms with Crippen molar-refractivity contribution in [2.45, 2.75) is 20.4 Å². The van der Waals surface area contributed by atoms with E-state index in [4.69, 9.17) is 14.8 Å². The van der Waals surface area contributed by atoms with Crippen molar-refractivity contribution in [3.63, 3.8) is 0 Å². The maximum atomic E-state index is 13.1. The second-order valence-corrected chi connectivity index (χ2v) is 8.66. The van der Waals surface area contributed by atoms with Crippen LogP contribution in [0.25, 0.3) is 22.4 Å². The molecule has 1 saturated heterocycles. The standard InChI is InChI=1S/C26H35N5O3/c1-4-29(5-2)18-21-16-19(7-9-24(21)34-3)25-27-22-8-6-20(17-23(22)28-25)26(33)31-12-10-30(11-13-31)14-15-32/h6-9,16-17,32H,4-5,10-15,18H2,1-3H3,(H,27,28). The van der Waals surface area contributed by atoms with Crippen molar-refractivity contribution in [1.82, 2.24) is 24.7 Å². The molecule has 0 aliphatic carbocycles. The lowest BCUT2D eigenvalue weighted by Gasteiger charge is -2.34. The number of piperazine rings is 1. The van der Waals surface area contributed by atoms with Gasteiger partial charge in [0.25, 0.3) is 5.91 Å². The largest absolute Gasteiger partial charge is 0.496 e. The topological polar surface area (TPSA) is 84.9 Å². The number of methoxy groups -OCH3 is 1. The number of rotatable bonds is 9. The number of carbonyl (C=O) groups is 1. The maximum absolute atomic E-state index is 13.1. The molecular formula is C26H35N5O3. The van der Waals surface area contributed by atoms with Gasteiger partial charge in [0.2, 0.25) is 0 Å². The minimum atomic E-state index is 0.0349. The zero-order valence-corrected chi connectivity index (χ0v) is 20.4. The van der Waals surface area contributed by atoms with Crippen LogP contribution in [0.4, 0.5) is 0 Å². The SMILES string of the molecule is CCN(CC)Cc1cc(-c2nc3ccc(C(=O)N4CCN(CCO)CC4)cc3[nH]2)ccc1OC. The second kappa shape index (κ2) is 11.0. The van der Waals surface area contributed by atoms with Crippen LogP contribution in [0.3, 0.4) is 0 Å². The van der Waals surface area contributed by atoms with E-state index in [1.54, 1.807) is 7.11 Å². The van der Waals surface area contributed by atoms with Crippen molar-refractivity contribution < 1.29 is 14.6 Å². The lowest BCUT2D eigenvalue weighted by Crippen LogP contribution is -2.49. The van der Waals surface area contributed by atoms with E-state index in [-0.39, 0.29) is 12.5 Å². The number of aliphatic hydroxyl groups is 1. The Bertz CT molecular complexity index is 1120. The highest BCUT2D eigenvalue weighted by molar-refractivity contribution is 5.97. The Kier molecular flexibility index (Phi) is 7.82. The molecule has 2 heterocycles. The third kappa shape index (κ3) is 5.24. The molecule has 0 radical (unpaired) electrons. The van der Waals surface area contributed by atoms with Crippen LogP contribution >= 0.6 is 0 Å². The number of aromatic nitrogens is 2. The first-order chi connectivity index (χ1) is 16.6. The van der Waals surface area contributed by atoms with Crippen LogP contribution in [0.2, 0.25) is 0 Å². The van der Waals surface area contributed by atoms with E-state index in [1.807, 2.05) is 35.2 Å². The highest BCUT2D eigenvalue weighted by Crippen LogP contribution is 2.28. The number of aromatic amines is 1. The minimum Gasteiger partial charge on any atom is -0.496 e. The summed E-state index contributed by atoms with van der Waals surface area (Å²) in [7, 11) is 1.70. The molecule has 1 aliphatic rings. The number of aliphatic hydroxyl groups excluding tert-OH is 1. The Morgan fingerprint density at radius 2 is 1.88 bits per heavy atom. The summed E-state index contributed by atoms with van der Waals surface area (Å²) in [6.45, 7) is 10.8. The minimum absolute atomic E-state index is 0.0349. The average molecular weight is 466 g/mol. The predicted octanol–water partition coefficient (Wildman–Crippen LogP) is 2.83. The summed E-state index contributed by atoms with van der Waals surface area (Å²) in [5, 5.41) is 9.12.